The van der Waals surface area contributed by atoms with Gasteiger partial charge in [0.1, 0.15) is 6.54 Å². The summed E-state index contributed by atoms with van der Waals surface area (Å²) in [6, 6.07) is 13.5. The largest absolute Gasteiger partial charge is 0.435 e. The summed E-state index contributed by atoms with van der Waals surface area (Å²) in [6.07, 6.45) is -7.73. The highest BCUT2D eigenvalue weighted by molar-refractivity contribution is 7.90. The highest BCUT2D eigenvalue weighted by Crippen LogP contribution is 2.37. The normalized spacial score (nSPS) is 12.4. The number of pyridine rings is 1. The predicted octanol–water partition coefficient (Wildman–Crippen LogP) is 5.97. The summed E-state index contributed by atoms with van der Waals surface area (Å²) in [6.45, 7) is -1.68. The van der Waals surface area contributed by atoms with Gasteiger partial charge in [-0.1, -0.05) is 35.9 Å². The smallest absolute Gasteiger partial charge is 0.342 e. The van der Waals surface area contributed by atoms with E-state index in [0.717, 1.165) is 29.3 Å². The molecule has 0 radical (unpaired) electrons. The van der Waals surface area contributed by atoms with Crippen LogP contribution in [0.1, 0.15) is 16.2 Å². The molecule has 0 aliphatic heterocycles. The molecule has 15 heteroatoms. The maximum atomic E-state index is 13.7. The van der Waals surface area contributed by atoms with Crippen LogP contribution < -0.4 is 5.32 Å². The molecule has 40 heavy (non-hydrogen) atoms. The van der Waals surface area contributed by atoms with Crippen LogP contribution in [0.5, 0.6) is 0 Å². The lowest BCUT2D eigenvalue weighted by atomic mass is 10.0. The SMILES string of the molecule is CS(=O)(=O)c1cccc(-c2ccc(-c3cc(C(=O)NCC(F)(F)F)nn3-c3cccnc3C(F)(F)F)c(Cl)c2)c1. The van der Waals surface area contributed by atoms with E-state index in [1.54, 1.807) is 11.4 Å². The number of aromatic nitrogens is 3. The van der Waals surface area contributed by atoms with Crippen molar-refractivity contribution in [2.75, 3.05) is 12.8 Å². The minimum absolute atomic E-state index is 0.0249. The van der Waals surface area contributed by atoms with Crippen LogP contribution in [0.2, 0.25) is 5.02 Å². The maximum absolute atomic E-state index is 13.7. The summed E-state index contributed by atoms with van der Waals surface area (Å²) < 4.78 is 104. The molecule has 0 atom stereocenters. The van der Waals surface area contributed by atoms with Gasteiger partial charge in [0.15, 0.2) is 21.2 Å². The van der Waals surface area contributed by atoms with E-state index in [0.29, 0.717) is 11.1 Å². The highest BCUT2D eigenvalue weighted by atomic mass is 35.5. The molecule has 0 saturated carbocycles. The fourth-order valence-corrected chi connectivity index (χ4v) is 4.68. The van der Waals surface area contributed by atoms with Crippen LogP contribution in [0, 0.1) is 0 Å². The maximum Gasteiger partial charge on any atom is 0.435 e. The van der Waals surface area contributed by atoms with E-state index in [-0.39, 0.29) is 21.2 Å². The first-order valence-corrected chi connectivity index (χ1v) is 13.4. The molecule has 210 valence electrons. The highest BCUT2D eigenvalue weighted by Gasteiger charge is 2.37. The standard InChI is InChI=1S/C25H17ClF6N4O3S/c1-40(38,39)16-5-2-4-14(10-16)15-7-8-17(18(26)11-15)21-12-19(23(37)34-13-24(27,28)29)35-36(21)20-6-3-9-33-22(20)25(30,31)32/h2-12H,13H2,1H3,(H,34,37). The Balaban J connectivity index is 1.85. The molecule has 0 aliphatic carbocycles. The van der Waals surface area contributed by atoms with Crippen molar-refractivity contribution >= 4 is 27.3 Å². The molecular formula is C25H17ClF6N4O3S. The molecule has 1 amide bonds. The van der Waals surface area contributed by atoms with Crippen molar-refractivity contribution in [1.29, 1.82) is 0 Å². The number of alkyl halides is 6. The number of hydrogen-bond donors (Lipinski definition) is 1. The topological polar surface area (TPSA) is 94.0 Å². The van der Waals surface area contributed by atoms with Crippen molar-refractivity contribution in [2.24, 2.45) is 0 Å². The number of rotatable bonds is 6. The molecule has 2 aromatic heterocycles. The molecule has 0 spiro atoms. The fraction of sp³-hybridized carbons (Fsp3) is 0.160. The lowest BCUT2D eigenvalue weighted by Gasteiger charge is -2.15. The second-order valence-corrected chi connectivity index (χ2v) is 10.9. The number of nitrogens with zero attached hydrogens (tertiary/aromatic N) is 3. The quantitative estimate of drug-likeness (QED) is 0.275. The molecule has 4 rings (SSSR count). The van der Waals surface area contributed by atoms with Crippen molar-refractivity contribution in [3.63, 3.8) is 0 Å². The summed E-state index contributed by atoms with van der Waals surface area (Å²) >= 11 is 6.50. The monoisotopic (exact) mass is 602 g/mol. The molecule has 4 aromatic rings. The van der Waals surface area contributed by atoms with E-state index in [1.165, 1.54) is 42.5 Å². The van der Waals surface area contributed by atoms with Crippen molar-refractivity contribution < 1.29 is 39.6 Å². The van der Waals surface area contributed by atoms with Crippen molar-refractivity contribution in [3.8, 4) is 28.1 Å². The van der Waals surface area contributed by atoms with Crippen molar-refractivity contribution in [1.82, 2.24) is 20.1 Å². The Morgan fingerprint density at radius 1 is 0.975 bits per heavy atom. The molecule has 1 N–H and O–H groups in total. The fourth-order valence-electron chi connectivity index (χ4n) is 3.73. The van der Waals surface area contributed by atoms with E-state index >= 15 is 0 Å². The number of benzene rings is 2. The van der Waals surface area contributed by atoms with Gasteiger partial charge in [0.25, 0.3) is 5.91 Å². The zero-order chi connectivity index (χ0) is 29.5. The summed E-state index contributed by atoms with van der Waals surface area (Å²) in [7, 11) is -3.52. The van der Waals surface area contributed by atoms with Gasteiger partial charge in [-0.25, -0.2) is 18.1 Å². The lowest BCUT2D eigenvalue weighted by Crippen LogP contribution is -2.34. The number of carbonyl (C=O) groups excluding carboxylic acids is 1. The zero-order valence-corrected chi connectivity index (χ0v) is 21.8. The van der Waals surface area contributed by atoms with E-state index in [9.17, 15) is 39.6 Å². The minimum atomic E-state index is -4.93. The van der Waals surface area contributed by atoms with Crippen LogP contribution in [-0.2, 0) is 16.0 Å². The molecule has 0 aliphatic rings. The first kappa shape index (κ1) is 29.1. The number of hydrogen-bond acceptors (Lipinski definition) is 5. The third kappa shape index (κ3) is 6.45. The van der Waals surface area contributed by atoms with Gasteiger partial charge in [-0.3, -0.25) is 4.79 Å². The molecule has 0 bridgehead atoms. The van der Waals surface area contributed by atoms with Crippen LogP contribution in [0.3, 0.4) is 0 Å². The molecular weight excluding hydrogens is 586 g/mol. The molecule has 0 fully saturated rings. The summed E-state index contributed by atoms with van der Waals surface area (Å²) in [5.41, 5.74) is -1.67. The van der Waals surface area contributed by atoms with Gasteiger partial charge >= 0.3 is 12.4 Å². The van der Waals surface area contributed by atoms with Crippen molar-refractivity contribution in [2.45, 2.75) is 17.2 Å². The van der Waals surface area contributed by atoms with E-state index in [4.69, 9.17) is 11.6 Å². The van der Waals surface area contributed by atoms with E-state index in [2.05, 4.69) is 10.1 Å². The Labute approximate surface area is 228 Å². The number of carbonyl (C=O) groups is 1. The third-order valence-corrected chi connectivity index (χ3v) is 6.94. The minimum Gasteiger partial charge on any atom is -0.342 e. The molecule has 2 aromatic carbocycles. The molecule has 0 unspecified atom stereocenters. The summed E-state index contributed by atoms with van der Waals surface area (Å²) in [5.74, 6) is -1.28. The Kier molecular flexibility index (Phi) is 7.69. The Morgan fingerprint density at radius 3 is 2.30 bits per heavy atom. The van der Waals surface area contributed by atoms with Gasteiger partial charge in [0.05, 0.1) is 21.3 Å². The predicted molar refractivity (Wildman–Crippen MR) is 134 cm³/mol. The van der Waals surface area contributed by atoms with E-state index < -0.39 is 51.7 Å². The second kappa shape index (κ2) is 10.6. The van der Waals surface area contributed by atoms with Gasteiger partial charge in [-0.05, 0) is 47.5 Å². The number of amides is 1. The first-order valence-electron chi connectivity index (χ1n) is 11.1. The van der Waals surface area contributed by atoms with Crippen molar-refractivity contribution in [3.05, 3.63) is 83.3 Å². The zero-order valence-electron chi connectivity index (χ0n) is 20.2. The Bertz CT molecular complexity index is 1700. The summed E-state index contributed by atoms with van der Waals surface area (Å²) in [5, 5.41) is 5.47. The van der Waals surface area contributed by atoms with Gasteiger partial charge < -0.3 is 5.32 Å². The molecule has 2 heterocycles. The molecule has 7 nitrogen and oxygen atoms in total. The second-order valence-electron chi connectivity index (χ2n) is 8.49. The first-order chi connectivity index (χ1) is 18.5. The number of sulfone groups is 1. The van der Waals surface area contributed by atoms with Crippen LogP contribution in [0.15, 0.2) is 71.8 Å². The average Bonchev–Trinajstić information content (AvgIpc) is 3.31. The molecule has 0 saturated heterocycles. The van der Waals surface area contributed by atoms with Crippen LogP contribution in [-0.4, -0.2) is 48.1 Å². The van der Waals surface area contributed by atoms with Crippen LogP contribution >= 0.6 is 11.6 Å². The number of nitrogens with one attached hydrogen (secondary N) is 1. The van der Waals surface area contributed by atoms with Gasteiger partial charge in [0.2, 0.25) is 0 Å². The van der Waals surface area contributed by atoms with Gasteiger partial charge in [-0.15, -0.1) is 0 Å². The third-order valence-electron chi connectivity index (χ3n) is 5.52. The summed E-state index contributed by atoms with van der Waals surface area (Å²) in [4.78, 5) is 15.9. The van der Waals surface area contributed by atoms with Crippen LogP contribution in [0.4, 0.5) is 26.3 Å². The van der Waals surface area contributed by atoms with Gasteiger partial charge in [0, 0.05) is 18.0 Å². The Hall–Kier alpha value is -3.91. The van der Waals surface area contributed by atoms with Gasteiger partial charge in [-0.2, -0.15) is 31.4 Å². The van der Waals surface area contributed by atoms with Crippen LogP contribution in [0.25, 0.3) is 28.1 Å². The van der Waals surface area contributed by atoms with E-state index in [1.807, 2.05) is 0 Å². The Morgan fingerprint density at radius 2 is 1.68 bits per heavy atom. The average molecular weight is 603 g/mol. The number of halogens is 7. The lowest BCUT2D eigenvalue weighted by molar-refractivity contribution is -0.141.